The van der Waals surface area contributed by atoms with E-state index >= 15 is 0 Å². The van der Waals surface area contributed by atoms with Gasteiger partial charge in [-0.15, -0.1) is 0 Å². The average Bonchev–Trinajstić information content (AvgIpc) is 2.77. The molecule has 3 N–H and O–H groups in total. The molecule has 0 bridgehead atoms. The molecule has 0 heterocycles. The molecule has 2 aromatic carbocycles. The van der Waals surface area contributed by atoms with E-state index in [2.05, 4.69) is 31.4 Å². The van der Waals surface area contributed by atoms with E-state index < -0.39 is 50.5 Å². The molecule has 1 amide bonds. The van der Waals surface area contributed by atoms with Crippen LogP contribution in [-0.4, -0.2) is 32.1 Å². The summed E-state index contributed by atoms with van der Waals surface area (Å²) in [7, 11) is -4.72. The SMILES string of the molecule is CC(C)(C)NCc1ccc2c(c1)CCC[C@H]2NC(=O)C[C@@H](NS(=O)(=O)c1cccc(Cl)c1Cl)C(F)(F)F. The maximum Gasteiger partial charge on any atom is 0.405 e. The third-order valence-corrected chi connectivity index (χ3v) is 8.41. The Labute approximate surface area is 225 Å². The number of carbonyl (C=O) groups is 1. The number of sulfonamides is 1. The van der Waals surface area contributed by atoms with Crippen molar-refractivity contribution in [2.24, 2.45) is 0 Å². The first kappa shape index (κ1) is 29.7. The van der Waals surface area contributed by atoms with Gasteiger partial charge in [0.2, 0.25) is 15.9 Å². The minimum absolute atomic E-state index is 0.0545. The zero-order valence-electron chi connectivity index (χ0n) is 20.7. The molecule has 37 heavy (non-hydrogen) atoms. The molecule has 0 aromatic heterocycles. The molecule has 0 fully saturated rings. The summed E-state index contributed by atoms with van der Waals surface area (Å²) in [5.41, 5.74) is 2.91. The highest BCUT2D eigenvalue weighted by Crippen LogP contribution is 2.33. The number of hydrogen-bond acceptors (Lipinski definition) is 4. The number of halogens is 5. The van der Waals surface area contributed by atoms with Crippen LogP contribution < -0.4 is 15.4 Å². The van der Waals surface area contributed by atoms with E-state index in [0.717, 1.165) is 35.6 Å². The fraction of sp³-hybridized carbons (Fsp3) is 0.480. The highest BCUT2D eigenvalue weighted by atomic mass is 35.5. The van der Waals surface area contributed by atoms with Gasteiger partial charge < -0.3 is 10.6 Å². The van der Waals surface area contributed by atoms with Crippen LogP contribution in [0.25, 0.3) is 0 Å². The van der Waals surface area contributed by atoms with Crippen LogP contribution >= 0.6 is 23.2 Å². The molecular formula is C25H30Cl2F3N3O3S. The Kier molecular flexibility index (Phi) is 9.22. The first-order chi connectivity index (χ1) is 17.1. The fourth-order valence-electron chi connectivity index (χ4n) is 4.10. The van der Waals surface area contributed by atoms with Gasteiger partial charge in [-0.05, 0) is 68.9 Å². The standard InChI is InChI=1S/C25H30Cl2F3N3O3S/c1-24(2,3)31-14-15-10-11-17-16(12-15)6-4-8-19(17)32-22(34)13-21(25(28,29)30)33-37(35,36)20-9-5-7-18(26)23(20)27/h5,7,9-12,19,21,31,33H,4,6,8,13-14H2,1-3H3,(H,32,34)/t19-,21-/m1/s1. The van der Waals surface area contributed by atoms with Crippen molar-refractivity contribution in [3.05, 3.63) is 63.1 Å². The molecule has 0 spiro atoms. The second-order valence-electron chi connectivity index (χ2n) is 10.1. The highest BCUT2D eigenvalue weighted by molar-refractivity contribution is 7.89. The summed E-state index contributed by atoms with van der Waals surface area (Å²) in [6.45, 7) is 6.86. The van der Waals surface area contributed by atoms with Crippen LogP contribution in [0.4, 0.5) is 13.2 Å². The van der Waals surface area contributed by atoms with Gasteiger partial charge in [0.05, 0.1) is 22.5 Å². The predicted octanol–water partition coefficient (Wildman–Crippen LogP) is 5.67. The van der Waals surface area contributed by atoms with Gasteiger partial charge in [0, 0.05) is 12.1 Å². The van der Waals surface area contributed by atoms with Crippen molar-refractivity contribution in [3.8, 4) is 0 Å². The van der Waals surface area contributed by atoms with Crippen molar-refractivity contribution in [2.75, 3.05) is 0 Å². The van der Waals surface area contributed by atoms with E-state index in [0.29, 0.717) is 13.0 Å². The summed E-state index contributed by atoms with van der Waals surface area (Å²) in [5, 5.41) is 5.55. The monoisotopic (exact) mass is 579 g/mol. The average molecular weight is 581 g/mol. The molecule has 1 aliphatic rings. The molecule has 0 radical (unpaired) electrons. The lowest BCUT2D eigenvalue weighted by Gasteiger charge is -2.28. The second-order valence-corrected chi connectivity index (χ2v) is 12.6. The van der Waals surface area contributed by atoms with Crippen molar-refractivity contribution in [3.63, 3.8) is 0 Å². The quantitative estimate of drug-likeness (QED) is 0.376. The lowest BCUT2D eigenvalue weighted by molar-refractivity contribution is -0.158. The van der Waals surface area contributed by atoms with E-state index in [1.54, 1.807) is 4.72 Å². The van der Waals surface area contributed by atoms with Crippen LogP contribution in [-0.2, 0) is 27.8 Å². The molecule has 1 aliphatic carbocycles. The Bertz CT molecular complexity index is 1250. The third kappa shape index (κ3) is 8.07. The molecule has 2 atom stereocenters. The third-order valence-electron chi connectivity index (χ3n) is 5.97. The number of aryl methyl sites for hydroxylation is 1. The van der Waals surface area contributed by atoms with Crippen LogP contribution in [0.15, 0.2) is 41.3 Å². The maximum atomic E-state index is 13.8. The van der Waals surface area contributed by atoms with Crippen molar-refractivity contribution >= 4 is 39.1 Å². The van der Waals surface area contributed by atoms with Gasteiger partial charge in [0.15, 0.2) is 0 Å². The van der Waals surface area contributed by atoms with Crippen LogP contribution in [0.2, 0.25) is 10.0 Å². The van der Waals surface area contributed by atoms with Crippen molar-refractivity contribution in [1.29, 1.82) is 0 Å². The Morgan fingerprint density at radius 1 is 1.14 bits per heavy atom. The maximum absolute atomic E-state index is 13.8. The van der Waals surface area contributed by atoms with E-state index in [1.165, 1.54) is 12.1 Å². The predicted molar refractivity (Wildman–Crippen MR) is 138 cm³/mol. The number of amides is 1. The molecular weight excluding hydrogens is 550 g/mol. The Hall–Kier alpha value is -1.85. The van der Waals surface area contributed by atoms with Gasteiger partial charge in [-0.2, -0.15) is 17.9 Å². The summed E-state index contributed by atoms with van der Waals surface area (Å²) in [6, 6.07) is 6.36. The van der Waals surface area contributed by atoms with Gasteiger partial charge >= 0.3 is 6.18 Å². The van der Waals surface area contributed by atoms with Gasteiger partial charge in [-0.1, -0.05) is 47.5 Å². The number of carbonyl (C=O) groups excluding carboxylic acids is 1. The summed E-state index contributed by atoms with van der Waals surface area (Å²) >= 11 is 11.7. The summed E-state index contributed by atoms with van der Waals surface area (Å²) < 4.78 is 68.1. The largest absolute Gasteiger partial charge is 0.405 e. The number of fused-ring (bicyclic) bond motifs is 1. The van der Waals surface area contributed by atoms with E-state index in [9.17, 15) is 26.4 Å². The summed E-state index contributed by atoms with van der Waals surface area (Å²) in [5.74, 6) is -0.918. The van der Waals surface area contributed by atoms with Crippen molar-refractivity contribution in [2.45, 2.75) is 81.7 Å². The fourth-order valence-corrected chi connectivity index (χ4v) is 6.08. The van der Waals surface area contributed by atoms with Gasteiger partial charge in [-0.25, -0.2) is 8.42 Å². The zero-order chi connectivity index (χ0) is 27.6. The van der Waals surface area contributed by atoms with Crippen LogP contribution in [0.1, 0.15) is 62.8 Å². The molecule has 6 nitrogen and oxygen atoms in total. The smallest absolute Gasteiger partial charge is 0.349 e. The number of benzene rings is 2. The van der Waals surface area contributed by atoms with E-state index in [1.807, 2.05) is 18.2 Å². The summed E-state index contributed by atoms with van der Waals surface area (Å²) in [6.07, 6.45) is -4.01. The molecule has 204 valence electrons. The van der Waals surface area contributed by atoms with Crippen LogP contribution in [0.5, 0.6) is 0 Å². The van der Waals surface area contributed by atoms with Crippen LogP contribution in [0.3, 0.4) is 0 Å². The Morgan fingerprint density at radius 3 is 2.49 bits per heavy atom. The number of hydrogen-bond donors (Lipinski definition) is 3. The van der Waals surface area contributed by atoms with Crippen molar-refractivity contribution in [1.82, 2.24) is 15.4 Å². The lowest BCUT2D eigenvalue weighted by atomic mass is 9.86. The van der Waals surface area contributed by atoms with E-state index in [4.69, 9.17) is 23.2 Å². The first-order valence-electron chi connectivity index (χ1n) is 11.8. The Morgan fingerprint density at radius 2 is 1.84 bits per heavy atom. The zero-order valence-corrected chi connectivity index (χ0v) is 23.0. The normalized spacial score (nSPS) is 17.2. The van der Waals surface area contributed by atoms with Gasteiger partial charge in [-0.3, -0.25) is 4.79 Å². The van der Waals surface area contributed by atoms with Gasteiger partial charge in [0.25, 0.3) is 0 Å². The van der Waals surface area contributed by atoms with Crippen LogP contribution in [0, 0.1) is 0 Å². The molecule has 0 aliphatic heterocycles. The number of nitrogens with one attached hydrogen (secondary N) is 3. The molecule has 2 aromatic rings. The molecule has 12 heteroatoms. The topological polar surface area (TPSA) is 87.3 Å². The summed E-state index contributed by atoms with van der Waals surface area (Å²) in [4.78, 5) is 12.1. The first-order valence-corrected chi connectivity index (χ1v) is 14.0. The minimum Gasteiger partial charge on any atom is -0.349 e. The van der Waals surface area contributed by atoms with E-state index in [-0.39, 0.29) is 10.6 Å². The Balaban J connectivity index is 1.73. The highest BCUT2D eigenvalue weighted by Gasteiger charge is 2.44. The molecule has 3 rings (SSSR count). The second kappa shape index (κ2) is 11.5. The number of rotatable bonds is 8. The lowest BCUT2D eigenvalue weighted by Crippen LogP contribution is -2.48. The molecule has 0 unspecified atom stereocenters. The number of alkyl halides is 3. The molecule has 0 saturated heterocycles. The van der Waals surface area contributed by atoms with Gasteiger partial charge in [0.1, 0.15) is 10.9 Å². The molecule has 0 saturated carbocycles. The minimum atomic E-state index is -5.02. The van der Waals surface area contributed by atoms with Crippen molar-refractivity contribution < 1.29 is 26.4 Å².